The van der Waals surface area contributed by atoms with Crippen molar-refractivity contribution < 1.29 is 9.90 Å². The molecule has 0 radical (unpaired) electrons. The summed E-state index contributed by atoms with van der Waals surface area (Å²) in [6.45, 7) is 0.315. The van der Waals surface area contributed by atoms with Gasteiger partial charge in [0.15, 0.2) is 0 Å². The minimum Gasteiger partial charge on any atom is -0.391 e. The van der Waals surface area contributed by atoms with Crippen LogP contribution in [0.2, 0.25) is 0 Å². The first kappa shape index (κ1) is 13.5. The van der Waals surface area contributed by atoms with E-state index in [9.17, 15) is 9.90 Å². The molecule has 18 heavy (non-hydrogen) atoms. The minimum absolute atomic E-state index is 0.194. The molecule has 1 aliphatic carbocycles. The number of amides is 1. The van der Waals surface area contributed by atoms with Gasteiger partial charge in [-0.05, 0) is 40.8 Å². The zero-order chi connectivity index (χ0) is 13.0. The summed E-state index contributed by atoms with van der Waals surface area (Å²) in [6.07, 6.45) is 7.21. The third-order valence-corrected chi connectivity index (χ3v) is 3.82. The Morgan fingerprint density at radius 2 is 2.22 bits per heavy atom. The number of halogens is 1. The summed E-state index contributed by atoms with van der Waals surface area (Å²) >= 11 is 3.27. The molecule has 5 heteroatoms. The zero-order valence-corrected chi connectivity index (χ0v) is 11.7. The molecule has 4 nitrogen and oxygen atoms in total. The van der Waals surface area contributed by atoms with Crippen molar-refractivity contribution in [2.45, 2.75) is 31.8 Å². The third-order valence-electron chi connectivity index (χ3n) is 3.38. The van der Waals surface area contributed by atoms with E-state index in [4.69, 9.17) is 0 Å². The fourth-order valence-electron chi connectivity index (χ4n) is 2.34. The van der Waals surface area contributed by atoms with E-state index >= 15 is 0 Å². The van der Waals surface area contributed by atoms with Crippen molar-refractivity contribution in [2.75, 3.05) is 6.54 Å². The lowest BCUT2D eigenvalue weighted by Crippen LogP contribution is -2.35. The van der Waals surface area contributed by atoms with Gasteiger partial charge in [-0.15, -0.1) is 0 Å². The highest BCUT2D eigenvalue weighted by Crippen LogP contribution is 2.27. The molecule has 1 atom stereocenters. The van der Waals surface area contributed by atoms with Crippen LogP contribution in [0.3, 0.4) is 0 Å². The fraction of sp³-hybridized carbons (Fsp3) is 0.538. The normalized spacial score (nSPS) is 17.7. The van der Waals surface area contributed by atoms with Crippen LogP contribution in [0, 0.1) is 5.92 Å². The van der Waals surface area contributed by atoms with Gasteiger partial charge >= 0.3 is 0 Å². The molecule has 1 fully saturated rings. The lowest BCUT2D eigenvalue weighted by Gasteiger charge is -2.17. The van der Waals surface area contributed by atoms with Crippen molar-refractivity contribution >= 4 is 21.8 Å². The second kappa shape index (κ2) is 6.29. The van der Waals surface area contributed by atoms with Gasteiger partial charge < -0.3 is 10.4 Å². The number of pyridine rings is 1. The highest BCUT2D eigenvalue weighted by molar-refractivity contribution is 9.10. The van der Waals surface area contributed by atoms with Crippen molar-refractivity contribution in [3.8, 4) is 0 Å². The molecule has 1 aromatic heterocycles. The Balaban J connectivity index is 1.84. The number of aliphatic hydroxyl groups excluding tert-OH is 1. The Kier molecular flexibility index (Phi) is 4.72. The summed E-state index contributed by atoms with van der Waals surface area (Å²) < 4.78 is 0.770. The molecule has 1 saturated carbocycles. The molecule has 1 aliphatic rings. The van der Waals surface area contributed by atoms with Gasteiger partial charge in [0.1, 0.15) is 0 Å². The fourth-order valence-corrected chi connectivity index (χ4v) is 2.71. The van der Waals surface area contributed by atoms with Gasteiger partial charge in [0.2, 0.25) is 0 Å². The van der Waals surface area contributed by atoms with Gasteiger partial charge in [-0.1, -0.05) is 12.8 Å². The van der Waals surface area contributed by atoms with Crippen LogP contribution in [0.1, 0.15) is 36.0 Å². The average Bonchev–Trinajstić information content (AvgIpc) is 2.89. The Morgan fingerprint density at radius 3 is 2.89 bits per heavy atom. The molecule has 0 bridgehead atoms. The highest BCUT2D eigenvalue weighted by atomic mass is 79.9. The molecular weight excluding hydrogens is 296 g/mol. The molecule has 2 N–H and O–H groups in total. The van der Waals surface area contributed by atoms with Crippen molar-refractivity contribution in [2.24, 2.45) is 5.92 Å². The summed E-state index contributed by atoms with van der Waals surface area (Å²) in [5, 5.41) is 12.7. The van der Waals surface area contributed by atoms with Crippen molar-refractivity contribution in [3.05, 3.63) is 28.5 Å². The van der Waals surface area contributed by atoms with Gasteiger partial charge in [-0.25, -0.2) is 0 Å². The predicted molar refractivity (Wildman–Crippen MR) is 72.2 cm³/mol. The standard InChI is InChI=1S/C13H17BrN2O2/c14-11-5-10(6-15-7-11)13(18)16-8-12(17)9-3-1-2-4-9/h5-7,9,12,17H,1-4,8H2,(H,16,18). The topological polar surface area (TPSA) is 62.2 Å². The second-order valence-electron chi connectivity index (χ2n) is 4.71. The molecule has 1 aromatic rings. The lowest BCUT2D eigenvalue weighted by molar-refractivity contribution is 0.0840. The van der Waals surface area contributed by atoms with E-state index in [0.717, 1.165) is 17.3 Å². The number of carbonyl (C=O) groups is 1. The molecule has 1 unspecified atom stereocenters. The maximum atomic E-state index is 11.8. The first-order valence-electron chi connectivity index (χ1n) is 6.23. The summed E-state index contributed by atoms with van der Waals surface area (Å²) in [4.78, 5) is 15.8. The van der Waals surface area contributed by atoms with Crippen LogP contribution in [-0.2, 0) is 0 Å². The quantitative estimate of drug-likeness (QED) is 0.895. The monoisotopic (exact) mass is 312 g/mol. The van der Waals surface area contributed by atoms with E-state index in [2.05, 4.69) is 26.2 Å². The largest absolute Gasteiger partial charge is 0.391 e. The number of nitrogens with zero attached hydrogens (tertiary/aromatic N) is 1. The van der Waals surface area contributed by atoms with Crippen LogP contribution in [0.15, 0.2) is 22.9 Å². The molecule has 0 aliphatic heterocycles. The number of hydrogen-bond donors (Lipinski definition) is 2. The number of hydrogen-bond acceptors (Lipinski definition) is 3. The Hall–Kier alpha value is -0.940. The predicted octanol–water partition coefficient (Wildman–Crippen LogP) is 2.12. The minimum atomic E-state index is -0.434. The Labute approximate surface area is 115 Å². The maximum absolute atomic E-state index is 11.8. The summed E-state index contributed by atoms with van der Waals surface area (Å²) in [6, 6.07) is 1.71. The van der Waals surface area contributed by atoms with Gasteiger partial charge in [-0.2, -0.15) is 0 Å². The van der Waals surface area contributed by atoms with E-state index in [1.54, 1.807) is 12.3 Å². The molecule has 1 amide bonds. The van der Waals surface area contributed by atoms with Crippen LogP contribution in [0.25, 0.3) is 0 Å². The molecule has 98 valence electrons. The summed E-state index contributed by atoms with van der Waals surface area (Å²) in [7, 11) is 0. The molecule has 2 rings (SSSR count). The number of carbonyl (C=O) groups excluding carboxylic acids is 1. The van der Waals surface area contributed by atoms with Crippen LogP contribution in [-0.4, -0.2) is 28.6 Å². The Bertz CT molecular complexity index is 419. The first-order chi connectivity index (χ1) is 8.66. The van der Waals surface area contributed by atoms with Crippen LogP contribution >= 0.6 is 15.9 Å². The van der Waals surface area contributed by atoms with Crippen LogP contribution in [0.5, 0.6) is 0 Å². The van der Waals surface area contributed by atoms with E-state index in [1.165, 1.54) is 19.0 Å². The number of nitrogens with one attached hydrogen (secondary N) is 1. The molecule has 0 spiro atoms. The van der Waals surface area contributed by atoms with E-state index in [-0.39, 0.29) is 5.91 Å². The van der Waals surface area contributed by atoms with E-state index < -0.39 is 6.10 Å². The van der Waals surface area contributed by atoms with Crippen LogP contribution in [0.4, 0.5) is 0 Å². The summed E-state index contributed by atoms with van der Waals surface area (Å²) in [5.74, 6) is 0.145. The van der Waals surface area contributed by atoms with Gasteiger partial charge in [0, 0.05) is 23.4 Å². The Morgan fingerprint density at radius 1 is 1.50 bits per heavy atom. The SMILES string of the molecule is O=C(NCC(O)C1CCCC1)c1cncc(Br)c1. The molecular formula is C13H17BrN2O2. The number of aromatic nitrogens is 1. The summed E-state index contributed by atoms with van der Waals surface area (Å²) in [5.41, 5.74) is 0.503. The van der Waals surface area contributed by atoms with Crippen molar-refractivity contribution in [1.29, 1.82) is 0 Å². The van der Waals surface area contributed by atoms with Gasteiger partial charge in [0.25, 0.3) is 5.91 Å². The third kappa shape index (κ3) is 3.53. The molecule has 0 aromatic carbocycles. The average molecular weight is 313 g/mol. The second-order valence-corrected chi connectivity index (χ2v) is 5.63. The van der Waals surface area contributed by atoms with Crippen molar-refractivity contribution in [3.63, 3.8) is 0 Å². The van der Waals surface area contributed by atoms with Gasteiger partial charge in [0.05, 0.1) is 11.7 Å². The van der Waals surface area contributed by atoms with Gasteiger partial charge in [-0.3, -0.25) is 9.78 Å². The number of rotatable bonds is 4. The smallest absolute Gasteiger partial charge is 0.252 e. The van der Waals surface area contributed by atoms with Crippen molar-refractivity contribution in [1.82, 2.24) is 10.3 Å². The zero-order valence-electron chi connectivity index (χ0n) is 10.1. The number of aliphatic hydroxyl groups is 1. The molecule has 0 saturated heterocycles. The highest BCUT2D eigenvalue weighted by Gasteiger charge is 2.23. The van der Waals surface area contributed by atoms with E-state index in [1.807, 2.05) is 0 Å². The van der Waals surface area contributed by atoms with E-state index in [0.29, 0.717) is 18.0 Å². The maximum Gasteiger partial charge on any atom is 0.252 e. The molecule has 1 heterocycles. The first-order valence-corrected chi connectivity index (χ1v) is 7.03. The van der Waals surface area contributed by atoms with Crippen LogP contribution < -0.4 is 5.32 Å². The lowest BCUT2D eigenvalue weighted by atomic mass is 10.0.